The molecule has 0 spiro atoms. The zero-order valence-electron chi connectivity index (χ0n) is 21.8. The largest absolute Gasteiger partial charge is 0.382 e. The molecule has 3 fully saturated rings. The van der Waals surface area contributed by atoms with Gasteiger partial charge in [0.15, 0.2) is 5.82 Å². The minimum Gasteiger partial charge on any atom is -0.382 e. The summed E-state index contributed by atoms with van der Waals surface area (Å²) in [4.78, 5) is 17.2. The number of hydrogen-bond acceptors (Lipinski definition) is 9. The van der Waals surface area contributed by atoms with E-state index in [-0.39, 0.29) is 0 Å². The van der Waals surface area contributed by atoms with Crippen molar-refractivity contribution in [3.05, 3.63) is 24.3 Å². The predicted molar refractivity (Wildman–Crippen MR) is 146 cm³/mol. The summed E-state index contributed by atoms with van der Waals surface area (Å²) in [5.74, 6) is 1.25. The molecule has 37 heavy (non-hydrogen) atoms. The Balaban J connectivity index is 1.24. The summed E-state index contributed by atoms with van der Waals surface area (Å²) in [7, 11) is 0. The molecule has 10 heteroatoms. The number of aromatic nitrogens is 5. The van der Waals surface area contributed by atoms with Crippen molar-refractivity contribution in [3.63, 3.8) is 0 Å². The van der Waals surface area contributed by atoms with E-state index in [1.807, 2.05) is 12.4 Å². The summed E-state index contributed by atoms with van der Waals surface area (Å²) in [6, 6.07) is 1.49. The highest BCUT2D eigenvalue weighted by atomic mass is 16.5. The van der Waals surface area contributed by atoms with Crippen LogP contribution < -0.4 is 16.4 Å². The number of anilines is 2. The van der Waals surface area contributed by atoms with Crippen molar-refractivity contribution in [1.82, 2.24) is 34.9 Å². The van der Waals surface area contributed by atoms with Gasteiger partial charge in [-0.2, -0.15) is 5.10 Å². The molecule has 4 N–H and O–H groups in total. The van der Waals surface area contributed by atoms with Gasteiger partial charge < -0.3 is 26.0 Å². The second-order valence-corrected chi connectivity index (χ2v) is 10.6. The second kappa shape index (κ2) is 10.9. The maximum atomic E-state index is 6.28. The van der Waals surface area contributed by atoms with Crippen molar-refractivity contribution in [2.45, 2.75) is 70.0 Å². The summed E-state index contributed by atoms with van der Waals surface area (Å²) in [6.07, 6.45) is 13.4. The van der Waals surface area contributed by atoms with E-state index in [0.29, 0.717) is 23.4 Å². The highest BCUT2D eigenvalue weighted by Gasteiger charge is 2.27. The van der Waals surface area contributed by atoms with Crippen LogP contribution in [0.2, 0.25) is 0 Å². The van der Waals surface area contributed by atoms with E-state index in [2.05, 4.69) is 38.3 Å². The van der Waals surface area contributed by atoms with Crippen LogP contribution in [0, 0.1) is 0 Å². The van der Waals surface area contributed by atoms with Gasteiger partial charge in [0.05, 0.1) is 17.9 Å². The van der Waals surface area contributed by atoms with E-state index in [1.54, 1.807) is 0 Å². The lowest BCUT2D eigenvalue weighted by Gasteiger charge is -2.39. The molecule has 6 rings (SSSR count). The van der Waals surface area contributed by atoms with Gasteiger partial charge in [-0.1, -0.05) is 6.92 Å². The molecule has 198 valence electrons. The predicted octanol–water partition coefficient (Wildman–Crippen LogP) is 3.01. The first-order chi connectivity index (χ1) is 18.2. The summed E-state index contributed by atoms with van der Waals surface area (Å²) in [6.45, 7) is 8.22. The van der Waals surface area contributed by atoms with Gasteiger partial charge in [0.25, 0.3) is 0 Å². The monoisotopic (exact) mass is 505 g/mol. The number of fused-ring (bicyclic) bond motifs is 1. The fraction of sp³-hybridized carbons (Fsp3) is 0.630. The first kappa shape index (κ1) is 24.5. The van der Waals surface area contributed by atoms with E-state index in [4.69, 9.17) is 25.5 Å². The minimum absolute atomic E-state index is 0.340. The standard InChI is InChI=1S/C27H39N9O/c1-2-23-27(32-19-7-13-37-14-8-19)34-24-22(16-30-26(28)25(24)33-23)18-15-31-36(17-18)21-5-11-35(12-6-21)20-3-9-29-10-4-20/h15-17,19-21,29H,2-14H2,1H3,(H2,28,30)(H,32,34). The lowest BCUT2D eigenvalue weighted by Crippen LogP contribution is -2.46. The van der Waals surface area contributed by atoms with Gasteiger partial charge in [-0.25, -0.2) is 15.0 Å². The normalized spacial score (nSPS) is 21.0. The van der Waals surface area contributed by atoms with Gasteiger partial charge >= 0.3 is 0 Å². The summed E-state index contributed by atoms with van der Waals surface area (Å²) in [5, 5.41) is 11.9. The zero-order chi connectivity index (χ0) is 25.2. The molecular formula is C27H39N9O. The van der Waals surface area contributed by atoms with Gasteiger partial charge in [-0.15, -0.1) is 0 Å². The van der Waals surface area contributed by atoms with E-state index in [1.165, 1.54) is 12.8 Å². The molecule has 3 aliphatic rings. The molecule has 0 radical (unpaired) electrons. The number of nitrogen functional groups attached to an aromatic ring is 1. The molecule has 0 aromatic carbocycles. The van der Waals surface area contributed by atoms with Crippen LogP contribution in [0.1, 0.15) is 57.2 Å². The van der Waals surface area contributed by atoms with Crippen LogP contribution >= 0.6 is 0 Å². The third-order valence-corrected chi connectivity index (χ3v) is 8.31. The van der Waals surface area contributed by atoms with Crippen molar-refractivity contribution in [2.24, 2.45) is 0 Å². The third-order valence-electron chi connectivity index (χ3n) is 8.31. The Kier molecular flexibility index (Phi) is 7.21. The lowest BCUT2D eigenvalue weighted by atomic mass is 9.98. The van der Waals surface area contributed by atoms with E-state index in [9.17, 15) is 0 Å². The Morgan fingerprint density at radius 2 is 1.78 bits per heavy atom. The van der Waals surface area contributed by atoms with E-state index < -0.39 is 0 Å². The van der Waals surface area contributed by atoms with E-state index >= 15 is 0 Å². The van der Waals surface area contributed by atoms with Crippen molar-refractivity contribution in [1.29, 1.82) is 0 Å². The SMILES string of the molecule is CCc1nc2c(N)ncc(-c3cnn(C4CCN(C5CCNCC5)CC4)c3)c2nc1NC1CCOCC1. The number of pyridine rings is 1. The molecule has 10 nitrogen and oxygen atoms in total. The number of aryl methyl sites for hydroxylation is 1. The summed E-state index contributed by atoms with van der Waals surface area (Å²) >= 11 is 0. The average molecular weight is 506 g/mol. The quantitative estimate of drug-likeness (QED) is 0.464. The fourth-order valence-electron chi connectivity index (χ4n) is 6.07. The first-order valence-corrected chi connectivity index (χ1v) is 14.0. The zero-order valence-corrected chi connectivity index (χ0v) is 21.8. The second-order valence-electron chi connectivity index (χ2n) is 10.6. The average Bonchev–Trinajstić information content (AvgIpc) is 3.44. The molecule has 0 amide bonds. The topological polar surface area (TPSA) is 119 Å². The van der Waals surface area contributed by atoms with Gasteiger partial charge in [-0.05, 0) is 58.0 Å². The molecule has 0 atom stereocenters. The summed E-state index contributed by atoms with van der Waals surface area (Å²) < 4.78 is 7.68. The van der Waals surface area contributed by atoms with Crippen LogP contribution in [-0.4, -0.2) is 81.1 Å². The van der Waals surface area contributed by atoms with Gasteiger partial charge in [0.2, 0.25) is 0 Å². The lowest BCUT2D eigenvalue weighted by molar-refractivity contribution is 0.0903. The molecule has 3 saturated heterocycles. The number of hydrogen-bond donors (Lipinski definition) is 3. The highest BCUT2D eigenvalue weighted by molar-refractivity contribution is 5.96. The molecule has 3 aromatic heterocycles. The van der Waals surface area contributed by atoms with Crippen molar-refractivity contribution < 1.29 is 4.74 Å². The van der Waals surface area contributed by atoms with E-state index in [0.717, 1.165) is 106 Å². The van der Waals surface area contributed by atoms with Gasteiger partial charge in [0, 0.05) is 61.9 Å². The van der Waals surface area contributed by atoms with Gasteiger partial charge in [-0.3, -0.25) is 4.68 Å². The number of ether oxygens (including phenoxy) is 1. The van der Waals surface area contributed by atoms with Crippen molar-refractivity contribution in [2.75, 3.05) is 50.4 Å². The first-order valence-electron chi connectivity index (χ1n) is 14.0. The number of rotatable bonds is 6. The van der Waals surface area contributed by atoms with Crippen LogP contribution in [-0.2, 0) is 11.2 Å². The van der Waals surface area contributed by atoms with Crippen molar-refractivity contribution >= 4 is 22.7 Å². The maximum Gasteiger partial charge on any atom is 0.151 e. The molecule has 0 bridgehead atoms. The van der Waals surface area contributed by atoms with Crippen LogP contribution in [0.15, 0.2) is 18.6 Å². The number of likely N-dealkylation sites (tertiary alicyclic amines) is 1. The molecule has 0 saturated carbocycles. The number of nitrogens with two attached hydrogens (primary N) is 1. The third kappa shape index (κ3) is 5.15. The van der Waals surface area contributed by atoms with Crippen LogP contribution in [0.4, 0.5) is 11.6 Å². The Morgan fingerprint density at radius 1 is 1.00 bits per heavy atom. The smallest absolute Gasteiger partial charge is 0.151 e. The Hall–Kier alpha value is -2.82. The van der Waals surface area contributed by atoms with Gasteiger partial charge in [0.1, 0.15) is 16.9 Å². The van der Waals surface area contributed by atoms with Crippen molar-refractivity contribution in [3.8, 4) is 11.1 Å². The maximum absolute atomic E-state index is 6.28. The van der Waals surface area contributed by atoms with Crippen LogP contribution in [0.3, 0.4) is 0 Å². The molecular weight excluding hydrogens is 466 g/mol. The van der Waals surface area contributed by atoms with Crippen LogP contribution in [0.5, 0.6) is 0 Å². The minimum atomic E-state index is 0.340. The number of piperidine rings is 2. The highest BCUT2D eigenvalue weighted by Crippen LogP contribution is 2.32. The number of nitrogens with one attached hydrogen (secondary N) is 2. The molecule has 6 heterocycles. The fourth-order valence-corrected chi connectivity index (χ4v) is 6.07. The Morgan fingerprint density at radius 3 is 2.54 bits per heavy atom. The molecule has 0 unspecified atom stereocenters. The summed E-state index contributed by atoms with van der Waals surface area (Å²) in [5.41, 5.74) is 10.6. The van der Waals surface area contributed by atoms with Crippen LogP contribution in [0.25, 0.3) is 22.2 Å². The molecule has 0 aliphatic carbocycles. The molecule has 3 aliphatic heterocycles. The Bertz CT molecular complexity index is 1210. The number of nitrogens with zero attached hydrogens (tertiary/aromatic N) is 6. The molecule has 3 aromatic rings. The Labute approximate surface area is 218 Å².